The van der Waals surface area contributed by atoms with Crippen LogP contribution in [0.3, 0.4) is 0 Å². The Bertz CT molecular complexity index is 527. The zero-order chi connectivity index (χ0) is 12.6. The molecule has 17 heavy (non-hydrogen) atoms. The third-order valence-corrected chi connectivity index (χ3v) is 4.72. The topological polar surface area (TPSA) is 33.2 Å². The zero-order valence-electron chi connectivity index (χ0n) is 8.58. The molecule has 3 nitrogen and oxygen atoms in total. The Morgan fingerprint density at radius 2 is 2.29 bits per heavy atom. The van der Waals surface area contributed by atoms with Crippen LogP contribution in [0.1, 0.15) is 6.42 Å². The molecule has 0 bridgehead atoms. The van der Waals surface area contributed by atoms with E-state index in [0.29, 0.717) is 32.8 Å². The van der Waals surface area contributed by atoms with Gasteiger partial charge in [0.25, 0.3) is 0 Å². The molecule has 2 heterocycles. The van der Waals surface area contributed by atoms with Gasteiger partial charge in [0.05, 0.1) is 14.0 Å². The SMILES string of the molecule is C#CC1CC(=O)N(c2ncc(Br)c(Cl)c2Br)C1. The summed E-state index contributed by atoms with van der Waals surface area (Å²) in [5, 5.41) is 0.493. The second-order valence-electron chi connectivity index (χ2n) is 3.63. The molecule has 1 amide bonds. The molecule has 0 aliphatic carbocycles. The van der Waals surface area contributed by atoms with Crippen molar-refractivity contribution in [1.82, 2.24) is 4.98 Å². The Kier molecular flexibility index (Phi) is 3.76. The van der Waals surface area contributed by atoms with Crippen molar-refractivity contribution in [1.29, 1.82) is 0 Å². The molecule has 2 rings (SSSR count). The van der Waals surface area contributed by atoms with Gasteiger partial charge < -0.3 is 0 Å². The highest BCUT2D eigenvalue weighted by Crippen LogP contribution is 2.37. The smallest absolute Gasteiger partial charge is 0.229 e. The maximum absolute atomic E-state index is 11.8. The largest absolute Gasteiger partial charge is 0.295 e. The molecule has 0 N–H and O–H groups in total. The molecule has 88 valence electrons. The van der Waals surface area contributed by atoms with E-state index in [0.717, 1.165) is 0 Å². The van der Waals surface area contributed by atoms with Gasteiger partial charge in [0.2, 0.25) is 5.91 Å². The maximum Gasteiger partial charge on any atom is 0.229 e. The third kappa shape index (κ3) is 2.35. The number of hydrogen-bond acceptors (Lipinski definition) is 2. The molecule has 0 spiro atoms. The van der Waals surface area contributed by atoms with Gasteiger partial charge in [0, 0.05) is 25.1 Å². The van der Waals surface area contributed by atoms with E-state index in [1.807, 2.05) is 0 Å². The molecule has 6 heteroatoms. The predicted molar refractivity (Wildman–Crippen MR) is 73.9 cm³/mol. The van der Waals surface area contributed by atoms with E-state index >= 15 is 0 Å². The second-order valence-corrected chi connectivity index (χ2v) is 5.66. The summed E-state index contributed by atoms with van der Waals surface area (Å²) in [5.74, 6) is 3.02. The van der Waals surface area contributed by atoms with E-state index in [1.165, 1.54) is 0 Å². The summed E-state index contributed by atoms with van der Waals surface area (Å²) in [5.41, 5.74) is 0. The summed E-state index contributed by atoms with van der Waals surface area (Å²) in [7, 11) is 0. The summed E-state index contributed by atoms with van der Waals surface area (Å²) in [6, 6.07) is 0. The van der Waals surface area contributed by atoms with Gasteiger partial charge in [-0.1, -0.05) is 11.6 Å². The highest BCUT2D eigenvalue weighted by atomic mass is 79.9. The minimum absolute atomic E-state index is 0.0282. The Hall–Kier alpha value is -0.570. The predicted octanol–water partition coefficient (Wildman–Crippen LogP) is 3.25. The molecule has 1 atom stereocenters. The highest BCUT2D eigenvalue weighted by molar-refractivity contribution is 9.11. The van der Waals surface area contributed by atoms with Gasteiger partial charge in [-0.15, -0.1) is 12.3 Å². The van der Waals surface area contributed by atoms with E-state index in [2.05, 4.69) is 42.8 Å². The van der Waals surface area contributed by atoms with Crippen LogP contribution in [0.4, 0.5) is 5.82 Å². The van der Waals surface area contributed by atoms with Gasteiger partial charge in [-0.3, -0.25) is 9.69 Å². The van der Waals surface area contributed by atoms with Crippen molar-refractivity contribution in [3.05, 3.63) is 20.2 Å². The van der Waals surface area contributed by atoms with Crippen LogP contribution in [0.25, 0.3) is 0 Å². The lowest BCUT2D eigenvalue weighted by atomic mass is 10.1. The molecule has 1 aliphatic rings. The van der Waals surface area contributed by atoms with Gasteiger partial charge in [-0.2, -0.15) is 0 Å². The number of aromatic nitrogens is 1. The lowest BCUT2D eigenvalue weighted by Gasteiger charge is -2.17. The highest BCUT2D eigenvalue weighted by Gasteiger charge is 2.32. The standard InChI is InChI=1S/C11H7Br2ClN2O/c1-2-6-3-8(17)16(5-6)11-9(13)10(14)7(12)4-15-11/h1,4,6H,3,5H2. The van der Waals surface area contributed by atoms with Gasteiger partial charge in [0.1, 0.15) is 0 Å². The second kappa shape index (κ2) is 4.97. The fourth-order valence-corrected chi connectivity index (χ4v) is 2.88. The van der Waals surface area contributed by atoms with E-state index < -0.39 is 0 Å². The van der Waals surface area contributed by atoms with E-state index in [9.17, 15) is 4.79 Å². The first-order chi connectivity index (χ1) is 8.04. The van der Waals surface area contributed by atoms with E-state index in [1.54, 1.807) is 11.1 Å². The van der Waals surface area contributed by atoms with Crippen molar-refractivity contribution in [3.8, 4) is 12.3 Å². The molecular weight excluding hydrogens is 371 g/mol. The number of hydrogen-bond donors (Lipinski definition) is 0. The molecule has 1 aromatic rings. The molecular formula is C11H7Br2ClN2O. The van der Waals surface area contributed by atoms with Crippen molar-refractivity contribution in [3.63, 3.8) is 0 Å². The van der Waals surface area contributed by atoms with Crippen LogP contribution in [0.15, 0.2) is 15.1 Å². The number of pyridine rings is 1. The molecule has 1 aromatic heterocycles. The van der Waals surface area contributed by atoms with Crippen molar-refractivity contribution in [2.45, 2.75) is 6.42 Å². The Balaban J connectivity index is 2.40. The molecule has 1 unspecified atom stereocenters. The fourth-order valence-electron chi connectivity index (χ4n) is 1.65. The minimum atomic E-state index is -0.0568. The average Bonchev–Trinajstić information content (AvgIpc) is 2.68. The van der Waals surface area contributed by atoms with Crippen LogP contribution in [-0.4, -0.2) is 17.4 Å². The minimum Gasteiger partial charge on any atom is -0.295 e. The Morgan fingerprint density at radius 1 is 1.59 bits per heavy atom. The quantitative estimate of drug-likeness (QED) is 0.703. The number of rotatable bonds is 1. The van der Waals surface area contributed by atoms with Crippen LogP contribution < -0.4 is 4.90 Å². The lowest BCUT2D eigenvalue weighted by molar-refractivity contribution is -0.117. The molecule has 0 aromatic carbocycles. The molecule has 1 aliphatic heterocycles. The van der Waals surface area contributed by atoms with Crippen molar-refractivity contribution >= 4 is 55.2 Å². The van der Waals surface area contributed by atoms with Crippen LogP contribution in [-0.2, 0) is 4.79 Å². The number of anilines is 1. The van der Waals surface area contributed by atoms with Crippen LogP contribution >= 0.6 is 43.5 Å². The van der Waals surface area contributed by atoms with Crippen LogP contribution in [0, 0.1) is 18.3 Å². The Morgan fingerprint density at radius 3 is 2.88 bits per heavy atom. The zero-order valence-corrected chi connectivity index (χ0v) is 12.5. The van der Waals surface area contributed by atoms with E-state index in [-0.39, 0.29) is 11.8 Å². The average molecular weight is 378 g/mol. The first-order valence-corrected chi connectivity index (χ1v) is 6.77. The summed E-state index contributed by atoms with van der Waals surface area (Å²) >= 11 is 12.7. The van der Waals surface area contributed by atoms with Gasteiger partial charge in [-0.25, -0.2) is 4.98 Å². The first-order valence-electron chi connectivity index (χ1n) is 4.80. The molecule has 1 fully saturated rings. The number of carbonyl (C=O) groups excluding carboxylic acids is 1. The summed E-state index contributed by atoms with van der Waals surface area (Å²) in [4.78, 5) is 17.6. The third-order valence-electron chi connectivity index (χ3n) is 2.52. The summed E-state index contributed by atoms with van der Waals surface area (Å²) in [6.07, 6.45) is 7.26. The van der Waals surface area contributed by atoms with Crippen LogP contribution in [0.2, 0.25) is 5.02 Å². The van der Waals surface area contributed by atoms with Crippen molar-refractivity contribution in [2.75, 3.05) is 11.4 Å². The number of amides is 1. The first kappa shape index (κ1) is 12.9. The fraction of sp³-hybridized carbons (Fsp3) is 0.273. The normalized spacial score (nSPS) is 19.5. The van der Waals surface area contributed by atoms with Crippen molar-refractivity contribution in [2.24, 2.45) is 5.92 Å². The van der Waals surface area contributed by atoms with Gasteiger partial charge in [0.15, 0.2) is 5.82 Å². The lowest BCUT2D eigenvalue weighted by Crippen LogP contribution is -2.25. The molecule has 0 saturated carbocycles. The molecule has 1 saturated heterocycles. The van der Waals surface area contributed by atoms with Crippen LogP contribution in [0.5, 0.6) is 0 Å². The van der Waals surface area contributed by atoms with Gasteiger partial charge >= 0.3 is 0 Å². The number of halogens is 3. The summed E-state index contributed by atoms with van der Waals surface area (Å²) in [6.45, 7) is 0.485. The van der Waals surface area contributed by atoms with E-state index in [4.69, 9.17) is 18.0 Å². The maximum atomic E-state index is 11.8. The monoisotopic (exact) mass is 376 g/mol. The number of nitrogens with zero attached hydrogens (tertiary/aromatic N) is 2. The number of terminal acetylenes is 1. The Labute approximate surface area is 121 Å². The number of carbonyl (C=O) groups is 1. The van der Waals surface area contributed by atoms with Crippen molar-refractivity contribution < 1.29 is 4.79 Å². The summed E-state index contributed by atoms with van der Waals surface area (Å²) < 4.78 is 1.27. The van der Waals surface area contributed by atoms with Gasteiger partial charge in [-0.05, 0) is 31.9 Å². The molecule has 0 radical (unpaired) electrons.